The number of nitrogens with one attached hydrogen (secondary N) is 1. The van der Waals surface area contributed by atoms with Crippen LogP contribution in [0.3, 0.4) is 0 Å². The Balaban J connectivity index is 1.80. The van der Waals surface area contributed by atoms with Gasteiger partial charge in [-0.05, 0) is 37.3 Å². The van der Waals surface area contributed by atoms with E-state index in [1.807, 2.05) is 0 Å². The average Bonchev–Trinajstić information content (AvgIpc) is 3.02. The zero-order valence-electron chi connectivity index (χ0n) is 13.2. The molecule has 7 nitrogen and oxygen atoms in total. The van der Waals surface area contributed by atoms with Gasteiger partial charge in [0.2, 0.25) is 10.0 Å². The predicted molar refractivity (Wildman–Crippen MR) is 87.4 cm³/mol. The van der Waals surface area contributed by atoms with E-state index in [0.29, 0.717) is 37.8 Å². The highest BCUT2D eigenvalue weighted by Gasteiger charge is 2.26. The van der Waals surface area contributed by atoms with Crippen LogP contribution in [0.2, 0.25) is 0 Å². The molecule has 0 spiro atoms. The number of morpholine rings is 1. The van der Waals surface area contributed by atoms with Crippen LogP contribution in [0.4, 0.5) is 5.69 Å². The SMILES string of the molecule is Cc1ccc(C(=O)Nc2cccc(S(=O)(=O)N3CCOCC3)c2)o1. The molecule has 1 saturated heterocycles. The Morgan fingerprint density at radius 1 is 1.17 bits per heavy atom. The van der Waals surface area contributed by atoms with Crippen molar-refractivity contribution in [3.8, 4) is 0 Å². The number of ether oxygens (including phenoxy) is 1. The van der Waals surface area contributed by atoms with Crippen molar-refractivity contribution >= 4 is 21.6 Å². The van der Waals surface area contributed by atoms with Gasteiger partial charge in [-0.2, -0.15) is 4.31 Å². The highest BCUT2D eigenvalue weighted by Crippen LogP contribution is 2.21. The van der Waals surface area contributed by atoms with Crippen molar-refractivity contribution in [2.24, 2.45) is 0 Å². The van der Waals surface area contributed by atoms with Gasteiger partial charge >= 0.3 is 0 Å². The molecule has 2 heterocycles. The van der Waals surface area contributed by atoms with E-state index in [1.165, 1.54) is 16.4 Å². The maximum absolute atomic E-state index is 12.6. The number of hydrogen-bond donors (Lipinski definition) is 1. The first-order chi connectivity index (χ1) is 11.5. The molecule has 0 radical (unpaired) electrons. The van der Waals surface area contributed by atoms with Gasteiger partial charge in [0.25, 0.3) is 5.91 Å². The second-order valence-corrected chi connectivity index (χ2v) is 7.35. The predicted octanol–water partition coefficient (Wildman–Crippen LogP) is 1.86. The van der Waals surface area contributed by atoms with Crippen LogP contribution in [0.15, 0.2) is 45.7 Å². The number of carbonyl (C=O) groups excluding carboxylic acids is 1. The van der Waals surface area contributed by atoms with Crippen molar-refractivity contribution in [2.45, 2.75) is 11.8 Å². The van der Waals surface area contributed by atoms with Crippen LogP contribution in [0, 0.1) is 6.92 Å². The summed E-state index contributed by atoms with van der Waals surface area (Å²) in [7, 11) is -3.60. The summed E-state index contributed by atoms with van der Waals surface area (Å²) in [4.78, 5) is 12.2. The van der Waals surface area contributed by atoms with Crippen molar-refractivity contribution < 1.29 is 22.4 Å². The molecule has 1 aliphatic heterocycles. The van der Waals surface area contributed by atoms with Crippen LogP contribution < -0.4 is 5.32 Å². The van der Waals surface area contributed by atoms with Gasteiger partial charge in [0.1, 0.15) is 5.76 Å². The molecule has 8 heteroatoms. The van der Waals surface area contributed by atoms with Crippen LogP contribution in [0.5, 0.6) is 0 Å². The minimum absolute atomic E-state index is 0.137. The number of rotatable bonds is 4. The van der Waals surface area contributed by atoms with Crippen LogP contribution in [0.1, 0.15) is 16.3 Å². The topological polar surface area (TPSA) is 88.9 Å². The van der Waals surface area contributed by atoms with Crippen molar-refractivity contribution in [3.63, 3.8) is 0 Å². The van der Waals surface area contributed by atoms with Crippen LogP contribution in [-0.2, 0) is 14.8 Å². The van der Waals surface area contributed by atoms with Gasteiger partial charge in [-0.3, -0.25) is 4.79 Å². The van der Waals surface area contributed by atoms with E-state index in [0.717, 1.165) is 0 Å². The molecule has 0 unspecified atom stereocenters. The Morgan fingerprint density at radius 2 is 1.92 bits per heavy atom. The quantitative estimate of drug-likeness (QED) is 0.909. The maximum Gasteiger partial charge on any atom is 0.291 e. The third-order valence-electron chi connectivity index (χ3n) is 3.66. The van der Waals surface area contributed by atoms with Crippen molar-refractivity contribution in [1.82, 2.24) is 4.31 Å². The Kier molecular flexibility index (Phi) is 4.70. The van der Waals surface area contributed by atoms with E-state index in [2.05, 4.69) is 5.32 Å². The molecule has 1 fully saturated rings. The second-order valence-electron chi connectivity index (χ2n) is 5.41. The van der Waals surface area contributed by atoms with Crippen molar-refractivity contribution in [2.75, 3.05) is 31.6 Å². The minimum atomic E-state index is -3.60. The van der Waals surface area contributed by atoms with Crippen LogP contribution in [-0.4, -0.2) is 44.9 Å². The summed E-state index contributed by atoms with van der Waals surface area (Å²) in [6.07, 6.45) is 0. The Labute approximate surface area is 140 Å². The molecule has 1 N–H and O–H groups in total. The molecule has 1 amide bonds. The fourth-order valence-corrected chi connectivity index (χ4v) is 3.87. The molecule has 3 rings (SSSR count). The number of sulfonamides is 1. The summed E-state index contributed by atoms with van der Waals surface area (Å²) in [5.74, 6) is 0.377. The zero-order valence-corrected chi connectivity index (χ0v) is 14.0. The molecule has 128 valence electrons. The number of nitrogens with zero attached hydrogens (tertiary/aromatic N) is 1. The fraction of sp³-hybridized carbons (Fsp3) is 0.312. The average molecular weight is 350 g/mol. The highest BCUT2D eigenvalue weighted by atomic mass is 32.2. The Bertz CT molecular complexity index is 838. The van der Waals surface area contributed by atoms with Gasteiger partial charge < -0.3 is 14.5 Å². The summed E-state index contributed by atoms with van der Waals surface area (Å²) in [6, 6.07) is 9.44. The van der Waals surface area contributed by atoms with Gasteiger partial charge in [-0.25, -0.2) is 8.42 Å². The summed E-state index contributed by atoms with van der Waals surface area (Å²) in [5.41, 5.74) is 0.392. The fourth-order valence-electron chi connectivity index (χ4n) is 2.42. The van der Waals surface area contributed by atoms with E-state index in [4.69, 9.17) is 9.15 Å². The Hall–Kier alpha value is -2.16. The van der Waals surface area contributed by atoms with Gasteiger partial charge in [-0.15, -0.1) is 0 Å². The lowest BCUT2D eigenvalue weighted by atomic mass is 10.3. The molecule has 1 aromatic carbocycles. The standard InChI is InChI=1S/C16H18N2O5S/c1-12-5-6-15(23-12)16(19)17-13-3-2-4-14(11-13)24(20,21)18-7-9-22-10-8-18/h2-6,11H,7-10H2,1H3,(H,17,19). The minimum Gasteiger partial charge on any atom is -0.456 e. The lowest BCUT2D eigenvalue weighted by Gasteiger charge is -2.26. The summed E-state index contributed by atoms with van der Waals surface area (Å²) in [5, 5.41) is 2.65. The summed E-state index contributed by atoms with van der Waals surface area (Å²) in [6.45, 7) is 3.16. The number of carbonyl (C=O) groups is 1. The lowest BCUT2D eigenvalue weighted by molar-refractivity contribution is 0.0730. The van der Waals surface area contributed by atoms with Gasteiger partial charge in [0, 0.05) is 18.8 Å². The molecule has 2 aromatic rings. The molecule has 0 atom stereocenters. The molecule has 0 bridgehead atoms. The van der Waals surface area contributed by atoms with E-state index in [-0.39, 0.29) is 10.7 Å². The van der Waals surface area contributed by atoms with E-state index < -0.39 is 15.9 Å². The van der Waals surface area contributed by atoms with Crippen molar-refractivity contribution in [3.05, 3.63) is 47.9 Å². The van der Waals surface area contributed by atoms with Gasteiger partial charge in [-0.1, -0.05) is 6.07 Å². The van der Waals surface area contributed by atoms with E-state index in [9.17, 15) is 13.2 Å². The molecule has 24 heavy (non-hydrogen) atoms. The van der Waals surface area contributed by atoms with Crippen molar-refractivity contribution in [1.29, 1.82) is 0 Å². The van der Waals surface area contributed by atoms with Crippen LogP contribution in [0.25, 0.3) is 0 Å². The van der Waals surface area contributed by atoms with Gasteiger partial charge in [0.15, 0.2) is 5.76 Å². The Morgan fingerprint density at radius 3 is 2.58 bits per heavy atom. The summed E-state index contributed by atoms with van der Waals surface area (Å²) < 4.78 is 37.1. The normalized spacial score (nSPS) is 16.0. The monoisotopic (exact) mass is 350 g/mol. The number of anilines is 1. The number of hydrogen-bond acceptors (Lipinski definition) is 5. The van der Waals surface area contributed by atoms with Crippen LogP contribution >= 0.6 is 0 Å². The molecule has 0 aliphatic carbocycles. The smallest absolute Gasteiger partial charge is 0.291 e. The zero-order chi connectivity index (χ0) is 17.2. The summed E-state index contributed by atoms with van der Waals surface area (Å²) >= 11 is 0. The largest absolute Gasteiger partial charge is 0.456 e. The molecule has 1 aliphatic rings. The number of benzene rings is 1. The van der Waals surface area contributed by atoms with Gasteiger partial charge in [0.05, 0.1) is 18.1 Å². The first-order valence-electron chi connectivity index (χ1n) is 7.52. The first-order valence-corrected chi connectivity index (χ1v) is 8.96. The second kappa shape index (κ2) is 6.76. The molecule has 0 saturated carbocycles. The number of aryl methyl sites for hydroxylation is 1. The number of amides is 1. The third kappa shape index (κ3) is 3.50. The maximum atomic E-state index is 12.6. The van der Waals surface area contributed by atoms with E-state index in [1.54, 1.807) is 31.2 Å². The molecule has 1 aromatic heterocycles. The lowest BCUT2D eigenvalue weighted by Crippen LogP contribution is -2.40. The third-order valence-corrected chi connectivity index (χ3v) is 5.56. The van der Waals surface area contributed by atoms with E-state index >= 15 is 0 Å². The molecular formula is C16H18N2O5S. The first kappa shape index (κ1) is 16.7. The highest BCUT2D eigenvalue weighted by molar-refractivity contribution is 7.89. The number of furan rings is 1. The molecular weight excluding hydrogens is 332 g/mol.